The molecule has 1 atom stereocenters. The zero-order chi connectivity index (χ0) is 13.9. The summed E-state index contributed by atoms with van der Waals surface area (Å²) in [5.74, 6) is -0.116. The van der Waals surface area contributed by atoms with Crippen LogP contribution in [0.2, 0.25) is 0 Å². The number of benzene rings is 1. The summed E-state index contributed by atoms with van der Waals surface area (Å²) < 4.78 is 0. The molecule has 0 fully saturated rings. The van der Waals surface area contributed by atoms with Crippen molar-refractivity contribution in [3.63, 3.8) is 0 Å². The molecule has 4 heteroatoms. The number of nitrogens with zero attached hydrogens (tertiary/aromatic N) is 2. The Bertz CT molecular complexity index is 664. The van der Waals surface area contributed by atoms with Gasteiger partial charge in [-0.15, -0.1) is 0 Å². The van der Waals surface area contributed by atoms with Gasteiger partial charge in [0, 0.05) is 12.7 Å². The van der Waals surface area contributed by atoms with Crippen LogP contribution in [0.25, 0.3) is 0 Å². The Morgan fingerprint density at radius 1 is 1.20 bits per heavy atom. The van der Waals surface area contributed by atoms with Crippen molar-refractivity contribution in [3.05, 3.63) is 65.5 Å². The van der Waals surface area contributed by atoms with Crippen LogP contribution in [0.15, 0.2) is 53.8 Å². The second-order valence-corrected chi connectivity index (χ2v) is 4.81. The molecule has 100 valence electrons. The fraction of sp³-hybridized carbons (Fsp3) is 0.188. The quantitative estimate of drug-likeness (QED) is 0.866. The smallest absolute Gasteiger partial charge is 0.227 e. The minimum atomic E-state index is -0.108. The van der Waals surface area contributed by atoms with Crippen molar-refractivity contribution in [1.29, 1.82) is 0 Å². The van der Waals surface area contributed by atoms with Gasteiger partial charge < -0.3 is 5.43 Å². The second-order valence-electron chi connectivity index (χ2n) is 4.81. The number of carbonyl (C=O) groups excluding carboxylic acids is 1. The molecule has 3 rings (SSSR count). The van der Waals surface area contributed by atoms with E-state index in [4.69, 9.17) is 0 Å². The Labute approximate surface area is 117 Å². The highest BCUT2D eigenvalue weighted by Crippen LogP contribution is 2.25. The lowest BCUT2D eigenvalue weighted by Crippen LogP contribution is -2.23. The van der Waals surface area contributed by atoms with Crippen LogP contribution in [0.4, 0.5) is 0 Å². The van der Waals surface area contributed by atoms with E-state index in [-0.39, 0.29) is 11.7 Å². The Morgan fingerprint density at radius 3 is 2.75 bits per heavy atom. The van der Waals surface area contributed by atoms with Gasteiger partial charge in [-0.3, -0.25) is 9.78 Å². The molecule has 0 bridgehead atoms. The van der Waals surface area contributed by atoms with Crippen LogP contribution in [-0.4, -0.2) is 23.0 Å². The SMILES string of the molecule is Cc1ccccc1C1CNN=C1C(=O)c1ccccn1. The van der Waals surface area contributed by atoms with Crippen LogP contribution >= 0.6 is 0 Å². The normalized spacial score (nSPS) is 17.4. The molecule has 1 aliphatic rings. The number of aryl methyl sites for hydroxylation is 1. The van der Waals surface area contributed by atoms with Gasteiger partial charge in [-0.25, -0.2) is 0 Å². The van der Waals surface area contributed by atoms with E-state index in [9.17, 15) is 4.79 Å². The lowest BCUT2D eigenvalue weighted by Gasteiger charge is -2.13. The lowest BCUT2D eigenvalue weighted by molar-refractivity contribution is 0.105. The summed E-state index contributed by atoms with van der Waals surface area (Å²) in [6, 6.07) is 13.4. The topological polar surface area (TPSA) is 54.4 Å². The van der Waals surface area contributed by atoms with Crippen molar-refractivity contribution in [2.45, 2.75) is 12.8 Å². The van der Waals surface area contributed by atoms with Gasteiger partial charge in [-0.1, -0.05) is 30.3 Å². The summed E-state index contributed by atoms with van der Waals surface area (Å²) >= 11 is 0. The molecule has 0 saturated heterocycles. The van der Waals surface area contributed by atoms with E-state index in [2.05, 4.69) is 28.5 Å². The molecule has 0 radical (unpaired) electrons. The summed E-state index contributed by atoms with van der Waals surface area (Å²) in [4.78, 5) is 16.6. The van der Waals surface area contributed by atoms with E-state index < -0.39 is 0 Å². The molecule has 2 aromatic rings. The van der Waals surface area contributed by atoms with Gasteiger partial charge >= 0.3 is 0 Å². The molecule has 1 aliphatic heterocycles. The number of hydrogen-bond donors (Lipinski definition) is 1. The number of carbonyl (C=O) groups is 1. The molecule has 1 N–H and O–H groups in total. The number of pyridine rings is 1. The Balaban J connectivity index is 1.94. The first-order valence-corrected chi connectivity index (χ1v) is 6.59. The van der Waals surface area contributed by atoms with Gasteiger partial charge in [-0.2, -0.15) is 5.10 Å². The van der Waals surface area contributed by atoms with Crippen molar-refractivity contribution < 1.29 is 4.79 Å². The molecule has 0 aliphatic carbocycles. The first-order chi connectivity index (χ1) is 9.77. The minimum absolute atomic E-state index is 0.00861. The van der Waals surface area contributed by atoms with E-state index in [0.29, 0.717) is 18.0 Å². The number of aromatic nitrogens is 1. The minimum Gasteiger partial charge on any atom is -0.309 e. The maximum Gasteiger partial charge on any atom is 0.227 e. The maximum atomic E-state index is 12.5. The molecule has 1 unspecified atom stereocenters. The van der Waals surface area contributed by atoms with Gasteiger partial charge in [0.05, 0.1) is 5.92 Å². The molecule has 0 spiro atoms. The van der Waals surface area contributed by atoms with E-state index in [1.165, 1.54) is 5.56 Å². The zero-order valence-electron chi connectivity index (χ0n) is 11.2. The number of hydrogen-bond acceptors (Lipinski definition) is 4. The van der Waals surface area contributed by atoms with Crippen LogP contribution < -0.4 is 5.43 Å². The molecule has 2 heterocycles. The first-order valence-electron chi connectivity index (χ1n) is 6.59. The number of rotatable bonds is 3. The molecule has 0 saturated carbocycles. The highest BCUT2D eigenvalue weighted by atomic mass is 16.1. The fourth-order valence-corrected chi connectivity index (χ4v) is 2.47. The van der Waals surface area contributed by atoms with Crippen molar-refractivity contribution >= 4 is 11.5 Å². The molecule has 1 aromatic heterocycles. The third-order valence-corrected chi connectivity index (χ3v) is 3.52. The summed E-state index contributed by atoms with van der Waals surface area (Å²) in [7, 11) is 0. The van der Waals surface area contributed by atoms with E-state index in [1.807, 2.05) is 24.3 Å². The second kappa shape index (κ2) is 5.25. The molecule has 1 aromatic carbocycles. The zero-order valence-corrected chi connectivity index (χ0v) is 11.2. The van der Waals surface area contributed by atoms with Gasteiger partial charge in [0.25, 0.3) is 0 Å². The first kappa shape index (κ1) is 12.5. The lowest BCUT2D eigenvalue weighted by atomic mass is 9.89. The summed E-state index contributed by atoms with van der Waals surface area (Å²) in [5.41, 5.74) is 6.22. The van der Waals surface area contributed by atoms with Gasteiger partial charge in [0.15, 0.2) is 0 Å². The summed E-state index contributed by atoms with van der Waals surface area (Å²) in [6.45, 7) is 2.70. The average Bonchev–Trinajstić information content (AvgIpc) is 2.97. The predicted octanol–water partition coefficient (Wildman–Crippen LogP) is 2.32. The third-order valence-electron chi connectivity index (χ3n) is 3.52. The van der Waals surface area contributed by atoms with Crippen LogP contribution in [0.5, 0.6) is 0 Å². The van der Waals surface area contributed by atoms with Crippen LogP contribution in [0, 0.1) is 6.92 Å². The largest absolute Gasteiger partial charge is 0.309 e. The van der Waals surface area contributed by atoms with Crippen LogP contribution in [-0.2, 0) is 0 Å². The number of Topliss-reactive ketones (excluding diaryl/α,β-unsaturated/α-hetero) is 1. The van der Waals surface area contributed by atoms with Crippen molar-refractivity contribution in [2.75, 3.05) is 6.54 Å². The van der Waals surface area contributed by atoms with Crippen molar-refractivity contribution in [1.82, 2.24) is 10.4 Å². The van der Waals surface area contributed by atoms with Crippen LogP contribution in [0.1, 0.15) is 27.5 Å². The number of nitrogens with one attached hydrogen (secondary N) is 1. The van der Waals surface area contributed by atoms with Gasteiger partial charge in [-0.05, 0) is 30.2 Å². The molecular weight excluding hydrogens is 250 g/mol. The molecule has 4 nitrogen and oxygen atoms in total. The van der Waals surface area contributed by atoms with E-state index in [1.54, 1.807) is 18.3 Å². The Morgan fingerprint density at radius 2 is 2.00 bits per heavy atom. The third kappa shape index (κ3) is 2.20. The molecule has 20 heavy (non-hydrogen) atoms. The maximum absolute atomic E-state index is 12.5. The molecule has 0 amide bonds. The van der Waals surface area contributed by atoms with E-state index >= 15 is 0 Å². The van der Waals surface area contributed by atoms with E-state index in [0.717, 1.165) is 5.56 Å². The monoisotopic (exact) mass is 265 g/mol. The van der Waals surface area contributed by atoms with Crippen molar-refractivity contribution in [2.24, 2.45) is 5.10 Å². The van der Waals surface area contributed by atoms with Crippen LogP contribution in [0.3, 0.4) is 0 Å². The summed E-state index contributed by atoms with van der Waals surface area (Å²) in [5, 5.41) is 4.19. The average molecular weight is 265 g/mol. The standard InChI is InChI=1S/C16H15N3O/c1-11-6-2-3-7-12(11)13-10-18-19-15(13)16(20)14-8-4-5-9-17-14/h2-9,13,18H,10H2,1H3. The fourth-order valence-electron chi connectivity index (χ4n) is 2.47. The Kier molecular flexibility index (Phi) is 3.29. The predicted molar refractivity (Wildman–Crippen MR) is 77.9 cm³/mol. The van der Waals surface area contributed by atoms with Crippen molar-refractivity contribution in [3.8, 4) is 0 Å². The highest BCUT2D eigenvalue weighted by molar-refractivity contribution is 6.47. The number of ketones is 1. The molecular formula is C16H15N3O. The highest BCUT2D eigenvalue weighted by Gasteiger charge is 2.30. The van der Waals surface area contributed by atoms with Gasteiger partial charge in [0.2, 0.25) is 5.78 Å². The number of hydrazone groups is 1. The summed E-state index contributed by atoms with van der Waals surface area (Å²) in [6.07, 6.45) is 1.62. The Hall–Kier alpha value is -2.49. The van der Waals surface area contributed by atoms with Gasteiger partial charge in [0.1, 0.15) is 11.4 Å².